The van der Waals surface area contributed by atoms with E-state index < -0.39 is 0 Å². The second-order valence-electron chi connectivity index (χ2n) is 2.84. The van der Waals surface area contributed by atoms with E-state index in [2.05, 4.69) is 37.8 Å². The quantitative estimate of drug-likeness (QED) is 0.597. The van der Waals surface area contributed by atoms with Crippen LogP contribution in [-0.2, 0) is 0 Å². The van der Waals surface area contributed by atoms with Crippen molar-refractivity contribution < 1.29 is 0 Å². The number of thioether (sulfide) groups is 1. The molecule has 0 aromatic rings. The van der Waals surface area contributed by atoms with E-state index in [9.17, 15) is 0 Å². The topological polar surface area (TPSA) is 12.0 Å². The first-order chi connectivity index (χ1) is 5.31. The van der Waals surface area contributed by atoms with Gasteiger partial charge in [-0.15, -0.1) is 0 Å². The summed E-state index contributed by atoms with van der Waals surface area (Å²) in [5, 5.41) is 4.13. The number of hydrogen-bond donors (Lipinski definition) is 1. The van der Waals surface area contributed by atoms with Gasteiger partial charge in [0.05, 0.1) is 0 Å². The van der Waals surface area contributed by atoms with Gasteiger partial charge in [0.25, 0.3) is 0 Å². The number of unbranched alkanes of at least 4 members (excludes halogenated alkanes) is 1. The molecule has 0 radical (unpaired) electrons. The first-order valence-electron chi connectivity index (χ1n) is 4.63. The molecule has 0 amide bonds. The van der Waals surface area contributed by atoms with Crippen molar-refractivity contribution in [2.75, 3.05) is 18.8 Å². The second kappa shape index (κ2) is 8.41. The average molecular weight is 175 g/mol. The molecule has 2 heteroatoms. The Hall–Kier alpha value is 0.310. The van der Waals surface area contributed by atoms with E-state index in [-0.39, 0.29) is 0 Å². The zero-order valence-corrected chi connectivity index (χ0v) is 8.84. The third-order valence-electron chi connectivity index (χ3n) is 1.58. The summed E-state index contributed by atoms with van der Waals surface area (Å²) in [4.78, 5) is 0. The van der Waals surface area contributed by atoms with Crippen molar-refractivity contribution in [3.05, 3.63) is 0 Å². The largest absolute Gasteiger partial charge is 0.316 e. The number of rotatable bonds is 7. The fraction of sp³-hybridized carbons (Fsp3) is 1.00. The van der Waals surface area contributed by atoms with Crippen molar-refractivity contribution in [2.24, 2.45) is 0 Å². The van der Waals surface area contributed by atoms with Gasteiger partial charge in [0.2, 0.25) is 0 Å². The summed E-state index contributed by atoms with van der Waals surface area (Å²) in [5.41, 5.74) is 0. The number of hydrogen-bond acceptors (Lipinski definition) is 2. The lowest BCUT2D eigenvalue weighted by Gasteiger charge is -2.10. The van der Waals surface area contributed by atoms with Crippen LogP contribution in [0.15, 0.2) is 0 Å². The molecule has 11 heavy (non-hydrogen) atoms. The number of nitrogens with one attached hydrogen (secondary N) is 1. The van der Waals surface area contributed by atoms with Crippen molar-refractivity contribution in [3.8, 4) is 0 Å². The zero-order chi connectivity index (χ0) is 8.53. The normalized spacial score (nSPS) is 13.4. The van der Waals surface area contributed by atoms with Gasteiger partial charge in [0.1, 0.15) is 0 Å². The van der Waals surface area contributed by atoms with Crippen LogP contribution >= 0.6 is 11.8 Å². The van der Waals surface area contributed by atoms with Crippen molar-refractivity contribution in [3.63, 3.8) is 0 Å². The minimum atomic E-state index is 0.779. The first-order valence-corrected chi connectivity index (χ1v) is 5.68. The average Bonchev–Trinajstić information content (AvgIpc) is 2.01. The predicted molar refractivity (Wildman–Crippen MR) is 55.4 cm³/mol. The molecule has 0 aliphatic rings. The molecule has 0 aromatic carbocycles. The standard InChI is InChI=1S/C9H21NS/c1-4-6-7-11-9(3)8-10-5-2/h9-10H,4-8H2,1-3H3. The van der Waals surface area contributed by atoms with Gasteiger partial charge < -0.3 is 5.32 Å². The maximum Gasteiger partial charge on any atom is 0.0144 e. The van der Waals surface area contributed by atoms with E-state index in [1.807, 2.05) is 0 Å². The van der Waals surface area contributed by atoms with Crippen LogP contribution in [0.1, 0.15) is 33.6 Å². The summed E-state index contributed by atoms with van der Waals surface area (Å²) >= 11 is 2.08. The van der Waals surface area contributed by atoms with Gasteiger partial charge in [-0.2, -0.15) is 11.8 Å². The van der Waals surface area contributed by atoms with Crippen molar-refractivity contribution >= 4 is 11.8 Å². The molecule has 0 aliphatic heterocycles. The van der Waals surface area contributed by atoms with Crippen molar-refractivity contribution in [2.45, 2.75) is 38.9 Å². The van der Waals surface area contributed by atoms with Gasteiger partial charge >= 0.3 is 0 Å². The highest BCUT2D eigenvalue weighted by molar-refractivity contribution is 7.99. The SMILES string of the molecule is CCCCSC(C)CNCC. The van der Waals surface area contributed by atoms with E-state index in [1.165, 1.54) is 18.6 Å². The lowest BCUT2D eigenvalue weighted by Crippen LogP contribution is -2.22. The molecule has 0 aliphatic carbocycles. The van der Waals surface area contributed by atoms with E-state index in [0.717, 1.165) is 18.3 Å². The fourth-order valence-electron chi connectivity index (χ4n) is 0.835. The molecule has 0 heterocycles. The minimum absolute atomic E-state index is 0.779. The van der Waals surface area contributed by atoms with Gasteiger partial charge in [0, 0.05) is 11.8 Å². The van der Waals surface area contributed by atoms with Gasteiger partial charge in [-0.3, -0.25) is 0 Å². The summed E-state index contributed by atoms with van der Waals surface area (Å²) in [5.74, 6) is 1.32. The maximum atomic E-state index is 3.35. The molecule has 0 aromatic heterocycles. The van der Waals surface area contributed by atoms with Gasteiger partial charge in [-0.1, -0.05) is 27.2 Å². The summed E-state index contributed by atoms with van der Waals surface area (Å²) in [6.45, 7) is 8.95. The van der Waals surface area contributed by atoms with Gasteiger partial charge in [-0.25, -0.2) is 0 Å². The lowest BCUT2D eigenvalue weighted by atomic mass is 10.4. The highest BCUT2D eigenvalue weighted by Crippen LogP contribution is 2.11. The molecule has 1 unspecified atom stereocenters. The fourth-order valence-corrected chi connectivity index (χ4v) is 1.93. The molecule has 0 rings (SSSR count). The Morgan fingerprint density at radius 3 is 2.64 bits per heavy atom. The molecule has 68 valence electrons. The summed E-state index contributed by atoms with van der Waals surface area (Å²) in [7, 11) is 0. The minimum Gasteiger partial charge on any atom is -0.316 e. The molecular formula is C9H21NS. The molecule has 0 spiro atoms. The van der Waals surface area contributed by atoms with Crippen LogP contribution in [0.5, 0.6) is 0 Å². The summed E-state index contributed by atoms with van der Waals surface area (Å²) in [6, 6.07) is 0. The highest BCUT2D eigenvalue weighted by atomic mass is 32.2. The molecule has 1 nitrogen and oxygen atoms in total. The van der Waals surface area contributed by atoms with E-state index in [1.54, 1.807) is 0 Å². The van der Waals surface area contributed by atoms with Gasteiger partial charge in [-0.05, 0) is 18.7 Å². The predicted octanol–water partition coefficient (Wildman–Crippen LogP) is 2.52. The maximum absolute atomic E-state index is 3.35. The molecule has 1 atom stereocenters. The summed E-state index contributed by atoms with van der Waals surface area (Å²) < 4.78 is 0. The van der Waals surface area contributed by atoms with Crippen molar-refractivity contribution in [1.29, 1.82) is 0 Å². The Morgan fingerprint density at radius 1 is 1.36 bits per heavy atom. The third kappa shape index (κ3) is 8.21. The van der Waals surface area contributed by atoms with E-state index in [4.69, 9.17) is 0 Å². The Labute approximate surface area is 75.3 Å². The monoisotopic (exact) mass is 175 g/mol. The van der Waals surface area contributed by atoms with Crippen molar-refractivity contribution in [1.82, 2.24) is 5.32 Å². The molecule has 1 N–H and O–H groups in total. The molecule has 0 fully saturated rings. The second-order valence-corrected chi connectivity index (χ2v) is 4.39. The molecule has 0 bridgehead atoms. The van der Waals surface area contributed by atoms with E-state index >= 15 is 0 Å². The third-order valence-corrected chi connectivity index (χ3v) is 2.84. The van der Waals surface area contributed by atoms with Gasteiger partial charge in [0.15, 0.2) is 0 Å². The highest BCUT2D eigenvalue weighted by Gasteiger charge is 1.99. The van der Waals surface area contributed by atoms with Crippen LogP contribution in [0.3, 0.4) is 0 Å². The van der Waals surface area contributed by atoms with Crippen LogP contribution in [0, 0.1) is 0 Å². The Bertz CT molecular complexity index is 76.0. The van der Waals surface area contributed by atoms with Crippen LogP contribution in [0.25, 0.3) is 0 Å². The molecular weight excluding hydrogens is 154 g/mol. The zero-order valence-electron chi connectivity index (χ0n) is 8.02. The van der Waals surface area contributed by atoms with E-state index in [0.29, 0.717) is 0 Å². The van der Waals surface area contributed by atoms with Crippen LogP contribution in [0.4, 0.5) is 0 Å². The van der Waals surface area contributed by atoms with Crippen LogP contribution < -0.4 is 5.32 Å². The molecule has 0 saturated heterocycles. The first kappa shape index (κ1) is 11.3. The summed E-state index contributed by atoms with van der Waals surface area (Å²) in [6.07, 6.45) is 2.68. The Balaban J connectivity index is 3.02. The Kier molecular flexibility index (Phi) is 8.64. The van der Waals surface area contributed by atoms with Crippen LogP contribution in [0.2, 0.25) is 0 Å². The van der Waals surface area contributed by atoms with Crippen LogP contribution in [-0.4, -0.2) is 24.1 Å². The molecule has 0 saturated carbocycles. The smallest absolute Gasteiger partial charge is 0.0144 e. The Morgan fingerprint density at radius 2 is 2.09 bits per heavy atom. The lowest BCUT2D eigenvalue weighted by molar-refractivity contribution is 0.712.